The van der Waals surface area contributed by atoms with Crippen molar-refractivity contribution < 1.29 is 57.9 Å². The molecule has 0 saturated carbocycles. The molecule has 7 nitrogen and oxygen atoms in total. The minimum Gasteiger partial charge on any atom is -0.547 e. The van der Waals surface area contributed by atoms with E-state index in [1.165, 1.54) is 13.8 Å². The summed E-state index contributed by atoms with van der Waals surface area (Å²) in [5.74, 6) is -1.30. The van der Waals surface area contributed by atoms with E-state index in [-0.39, 0.29) is 35.7 Å². The Morgan fingerprint density at radius 3 is 1.73 bits per heavy atom. The van der Waals surface area contributed by atoms with Crippen LogP contribution in [-0.2, 0) is 23.2 Å². The quantitative estimate of drug-likeness (QED) is 0.269. The van der Waals surface area contributed by atoms with E-state index in [9.17, 15) is 14.5 Å². The van der Waals surface area contributed by atoms with Gasteiger partial charge in [-0.3, -0.25) is 9.40 Å². The fourth-order valence-corrected chi connectivity index (χ4v) is 4.40. The molecule has 0 N–H and O–H groups in total. The monoisotopic (exact) mass is 403 g/mol. The molecular formula is C17H35NNaO6P. The maximum atomic E-state index is 12.8. The van der Waals surface area contributed by atoms with Gasteiger partial charge >= 0.3 is 37.2 Å². The Morgan fingerprint density at radius 1 is 1.00 bits per heavy atom. The van der Waals surface area contributed by atoms with Crippen molar-refractivity contribution in [2.24, 2.45) is 5.41 Å². The number of nitrogens with zero attached hydrogens (tertiary/aromatic N) is 1. The number of hydroxylamine groups is 2. The van der Waals surface area contributed by atoms with Crippen LogP contribution in [0.15, 0.2) is 0 Å². The van der Waals surface area contributed by atoms with E-state index in [0.717, 1.165) is 0 Å². The molecule has 26 heavy (non-hydrogen) atoms. The zero-order valence-electron chi connectivity index (χ0n) is 18.2. The largest absolute Gasteiger partial charge is 1.00 e. The summed E-state index contributed by atoms with van der Waals surface area (Å²) in [6.07, 6.45) is 0.198. The van der Waals surface area contributed by atoms with Crippen LogP contribution >= 0.6 is 7.60 Å². The van der Waals surface area contributed by atoms with Crippen molar-refractivity contribution in [3.63, 3.8) is 0 Å². The summed E-state index contributed by atoms with van der Waals surface area (Å²) in [6.45, 7) is 17.0. The van der Waals surface area contributed by atoms with E-state index < -0.39 is 30.1 Å². The van der Waals surface area contributed by atoms with Gasteiger partial charge in [-0.2, -0.15) is 5.06 Å². The molecule has 0 aliphatic carbocycles. The number of hydrogen-bond acceptors (Lipinski definition) is 7. The van der Waals surface area contributed by atoms with Crippen LogP contribution in [-0.4, -0.2) is 48.1 Å². The Hall–Kier alpha value is 0.540. The molecular weight excluding hydrogens is 368 g/mol. The summed E-state index contributed by atoms with van der Waals surface area (Å²) >= 11 is 0. The number of carboxylic acids is 1. The molecule has 0 aromatic rings. The number of aliphatic carboxylic acids is 1. The summed E-state index contributed by atoms with van der Waals surface area (Å²) in [5.41, 5.74) is -2.45. The molecule has 0 aliphatic rings. The van der Waals surface area contributed by atoms with Crippen molar-refractivity contribution in [1.82, 2.24) is 5.06 Å². The predicted octanol–water partition coefficient (Wildman–Crippen LogP) is -0.157. The molecule has 0 rings (SSSR count). The first-order valence-corrected chi connectivity index (χ1v) is 10.4. The minimum absolute atomic E-state index is 0. The second-order valence-electron chi connectivity index (χ2n) is 8.37. The van der Waals surface area contributed by atoms with Crippen LogP contribution in [0.25, 0.3) is 0 Å². The molecule has 0 atom stereocenters. The van der Waals surface area contributed by atoms with Crippen molar-refractivity contribution in [1.29, 1.82) is 0 Å². The Kier molecular flexibility index (Phi) is 12.1. The van der Waals surface area contributed by atoms with E-state index >= 15 is 0 Å². The van der Waals surface area contributed by atoms with Crippen LogP contribution in [0.3, 0.4) is 0 Å². The molecule has 0 radical (unpaired) electrons. The number of hydrogen-bond donors (Lipinski definition) is 0. The fraction of sp³-hybridized carbons (Fsp3) is 0.941. The molecule has 0 aromatic carbocycles. The molecule has 0 bridgehead atoms. The van der Waals surface area contributed by atoms with E-state index in [1.807, 2.05) is 34.6 Å². The van der Waals surface area contributed by atoms with Gasteiger partial charge in [-0.25, -0.2) is 0 Å². The zero-order chi connectivity index (χ0) is 20.1. The van der Waals surface area contributed by atoms with Crippen LogP contribution < -0.4 is 34.7 Å². The standard InChI is InChI=1S/C17H36NO6P.Na/c1-10-22-25(21,23-11-2)13-16(6,7)12-18(15(3,4)5)24-17(8,9)14(19)20;/h10-13H2,1-9H3,(H,19,20);/q;+1/p-1. The normalized spacial score (nSPS) is 13.6. The number of carbonyl (C=O) groups is 1. The van der Waals surface area contributed by atoms with Crippen LogP contribution in [0.2, 0.25) is 0 Å². The topological polar surface area (TPSA) is 88.1 Å². The minimum atomic E-state index is -3.23. The van der Waals surface area contributed by atoms with E-state index in [0.29, 0.717) is 19.8 Å². The Balaban J connectivity index is 0. The Bertz CT molecular complexity index is 480. The average Bonchev–Trinajstić information content (AvgIpc) is 2.35. The molecule has 0 saturated heterocycles. The third-order valence-electron chi connectivity index (χ3n) is 3.42. The fourth-order valence-electron chi connectivity index (χ4n) is 2.20. The zero-order valence-corrected chi connectivity index (χ0v) is 21.1. The first kappa shape index (κ1) is 28.7. The van der Waals surface area contributed by atoms with Crippen molar-refractivity contribution in [3.05, 3.63) is 0 Å². The summed E-state index contributed by atoms with van der Waals surface area (Å²) in [5, 5.41) is 12.9. The summed E-state index contributed by atoms with van der Waals surface area (Å²) in [4.78, 5) is 17.0. The maximum Gasteiger partial charge on any atom is 1.00 e. The van der Waals surface area contributed by atoms with Gasteiger partial charge < -0.3 is 18.9 Å². The molecule has 0 spiro atoms. The summed E-state index contributed by atoms with van der Waals surface area (Å²) < 4.78 is 23.6. The van der Waals surface area contributed by atoms with E-state index in [4.69, 9.17) is 13.9 Å². The van der Waals surface area contributed by atoms with Gasteiger partial charge in [0.15, 0.2) is 0 Å². The predicted molar refractivity (Wildman–Crippen MR) is 96.1 cm³/mol. The van der Waals surface area contributed by atoms with Gasteiger partial charge in [0.2, 0.25) is 0 Å². The van der Waals surface area contributed by atoms with Crippen molar-refractivity contribution in [2.75, 3.05) is 25.9 Å². The van der Waals surface area contributed by atoms with E-state index in [2.05, 4.69) is 0 Å². The van der Waals surface area contributed by atoms with Gasteiger partial charge in [0, 0.05) is 12.1 Å². The van der Waals surface area contributed by atoms with Gasteiger partial charge in [0.25, 0.3) is 0 Å². The van der Waals surface area contributed by atoms with Crippen LogP contribution in [0.1, 0.15) is 62.3 Å². The summed E-state index contributed by atoms with van der Waals surface area (Å²) in [7, 11) is -3.23. The van der Waals surface area contributed by atoms with Gasteiger partial charge in [-0.15, -0.1) is 0 Å². The number of carbonyl (C=O) groups excluding carboxylic acids is 1. The number of carboxylic acid groups (broad SMARTS) is 1. The Morgan fingerprint density at radius 2 is 1.42 bits per heavy atom. The van der Waals surface area contributed by atoms with Crippen LogP contribution in [0.5, 0.6) is 0 Å². The Labute approximate surface area is 180 Å². The number of rotatable bonds is 11. The molecule has 0 unspecified atom stereocenters. The molecule has 0 heterocycles. The van der Waals surface area contributed by atoms with E-state index in [1.54, 1.807) is 18.9 Å². The third kappa shape index (κ3) is 10.2. The average molecular weight is 403 g/mol. The smallest absolute Gasteiger partial charge is 0.547 e. The van der Waals surface area contributed by atoms with Gasteiger partial charge in [0.05, 0.1) is 25.3 Å². The van der Waals surface area contributed by atoms with Gasteiger partial charge in [0.1, 0.15) is 5.60 Å². The van der Waals surface area contributed by atoms with Crippen molar-refractivity contribution >= 4 is 13.6 Å². The second kappa shape index (κ2) is 10.9. The van der Waals surface area contributed by atoms with Crippen LogP contribution in [0, 0.1) is 5.41 Å². The SMILES string of the molecule is CCOP(=O)(CC(C)(C)CN(OC(C)(C)C(=O)[O-])C(C)(C)C)OCC.[Na+]. The molecule has 0 aliphatic heterocycles. The molecule has 9 heteroatoms. The van der Waals surface area contributed by atoms with Crippen molar-refractivity contribution in [2.45, 2.75) is 73.5 Å². The molecule has 0 fully saturated rings. The van der Waals surface area contributed by atoms with Gasteiger partial charge in [-0.05, 0) is 53.9 Å². The summed E-state index contributed by atoms with van der Waals surface area (Å²) in [6, 6.07) is 0. The van der Waals surface area contributed by atoms with Crippen LogP contribution in [0.4, 0.5) is 0 Å². The molecule has 150 valence electrons. The second-order valence-corrected chi connectivity index (χ2v) is 10.4. The van der Waals surface area contributed by atoms with Gasteiger partial charge in [-0.1, -0.05) is 13.8 Å². The molecule has 0 aromatic heterocycles. The molecule has 0 amide bonds. The maximum absolute atomic E-state index is 12.8. The first-order valence-electron chi connectivity index (χ1n) is 8.65. The third-order valence-corrected chi connectivity index (χ3v) is 5.97. The van der Waals surface area contributed by atoms with Crippen molar-refractivity contribution in [3.8, 4) is 0 Å². The first-order chi connectivity index (χ1) is 11.1.